The highest BCUT2D eigenvalue weighted by Gasteiger charge is 2.12. The first-order valence-electron chi connectivity index (χ1n) is 8.50. The minimum atomic E-state index is -0.521. The number of halogens is 1. The standard InChI is InChI=1S/C22H18ClNO4/c1-14-7-8-15(13-18(14)23)20-11-9-16(28-20)10-12-21(25)24-19-6-4-3-5-17(19)22(26)27-2/h3-13H,1-2H3,(H,24,25)/b12-10+. The highest BCUT2D eigenvalue weighted by Crippen LogP contribution is 2.27. The normalized spacial score (nSPS) is 10.8. The molecule has 1 N–H and O–H groups in total. The number of esters is 1. The quantitative estimate of drug-likeness (QED) is 0.467. The van der Waals surface area contributed by atoms with Gasteiger partial charge in [0.2, 0.25) is 5.91 Å². The van der Waals surface area contributed by atoms with Crippen molar-refractivity contribution in [3.8, 4) is 11.3 Å². The summed E-state index contributed by atoms with van der Waals surface area (Å²) in [6.45, 7) is 1.93. The number of ether oxygens (including phenoxy) is 1. The molecule has 0 fully saturated rings. The van der Waals surface area contributed by atoms with E-state index < -0.39 is 11.9 Å². The van der Waals surface area contributed by atoms with Crippen LogP contribution in [-0.2, 0) is 9.53 Å². The Morgan fingerprint density at radius 2 is 1.89 bits per heavy atom. The number of para-hydroxylation sites is 1. The third-order valence-corrected chi connectivity index (χ3v) is 4.48. The molecule has 0 spiro atoms. The molecule has 5 nitrogen and oxygen atoms in total. The Balaban J connectivity index is 1.71. The molecule has 0 aliphatic carbocycles. The number of methoxy groups -OCH3 is 1. The van der Waals surface area contributed by atoms with Crippen molar-refractivity contribution in [2.24, 2.45) is 0 Å². The number of rotatable bonds is 5. The van der Waals surface area contributed by atoms with Gasteiger partial charge >= 0.3 is 5.97 Å². The monoisotopic (exact) mass is 395 g/mol. The molecule has 28 heavy (non-hydrogen) atoms. The maximum absolute atomic E-state index is 12.2. The molecule has 0 saturated carbocycles. The van der Waals surface area contributed by atoms with Crippen molar-refractivity contribution in [3.05, 3.63) is 82.6 Å². The molecule has 2 aromatic carbocycles. The highest BCUT2D eigenvalue weighted by molar-refractivity contribution is 6.31. The molecule has 0 aliphatic rings. The van der Waals surface area contributed by atoms with Gasteiger partial charge in [-0.1, -0.05) is 35.9 Å². The van der Waals surface area contributed by atoms with Crippen LogP contribution in [0.4, 0.5) is 5.69 Å². The molecule has 0 aliphatic heterocycles. The van der Waals surface area contributed by atoms with Crippen molar-refractivity contribution < 1.29 is 18.7 Å². The summed E-state index contributed by atoms with van der Waals surface area (Å²) in [5.74, 6) is 0.251. The van der Waals surface area contributed by atoms with E-state index in [1.807, 2.05) is 31.2 Å². The Hall–Kier alpha value is -3.31. The van der Waals surface area contributed by atoms with Gasteiger partial charge in [0.25, 0.3) is 0 Å². The van der Waals surface area contributed by atoms with Crippen molar-refractivity contribution in [1.82, 2.24) is 0 Å². The summed E-state index contributed by atoms with van der Waals surface area (Å²) < 4.78 is 10.5. The number of carbonyl (C=O) groups excluding carboxylic acids is 2. The smallest absolute Gasteiger partial charge is 0.339 e. The van der Waals surface area contributed by atoms with Crippen LogP contribution in [0.25, 0.3) is 17.4 Å². The first kappa shape index (κ1) is 19.5. The van der Waals surface area contributed by atoms with Crippen LogP contribution < -0.4 is 5.32 Å². The molecule has 1 aromatic heterocycles. The first-order valence-corrected chi connectivity index (χ1v) is 8.88. The second-order valence-electron chi connectivity index (χ2n) is 6.03. The Kier molecular flexibility index (Phi) is 5.96. The third kappa shape index (κ3) is 4.50. The molecule has 142 valence electrons. The predicted molar refractivity (Wildman–Crippen MR) is 109 cm³/mol. The fraction of sp³-hybridized carbons (Fsp3) is 0.0909. The van der Waals surface area contributed by atoms with E-state index in [-0.39, 0.29) is 5.56 Å². The molecule has 3 aromatic rings. The zero-order chi connectivity index (χ0) is 20.1. The van der Waals surface area contributed by atoms with E-state index in [9.17, 15) is 9.59 Å². The van der Waals surface area contributed by atoms with Crippen molar-refractivity contribution >= 4 is 35.2 Å². The van der Waals surface area contributed by atoms with Crippen molar-refractivity contribution in [1.29, 1.82) is 0 Å². The third-order valence-electron chi connectivity index (χ3n) is 4.07. The number of hydrogen-bond acceptors (Lipinski definition) is 4. The van der Waals surface area contributed by atoms with Crippen LogP contribution in [-0.4, -0.2) is 19.0 Å². The minimum absolute atomic E-state index is 0.281. The van der Waals surface area contributed by atoms with Gasteiger partial charge in [-0.2, -0.15) is 0 Å². The summed E-state index contributed by atoms with van der Waals surface area (Å²) >= 11 is 6.15. The molecule has 0 unspecified atom stereocenters. The summed E-state index contributed by atoms with van der Waals surface area (Å²) in [5.41, 5.74) is 2.49. The van der Waals surface area contributed by atoms with Gasteiger partial charge in [-0.15, -0.1) is 0 Å². The van der Waals surface area contributed by atoms with Crippen LogP contribution in [0.3, 0.4) is 0 Å². The number of aryl methyl sites for hydroxylation is 1. The van der Waals surface area contributed by atoms with Gasteiger partial charge in [0.1, 0.15) is 11.5 Å². The summed E-state index contributed by atoms with van der Waals surface area (Å²) in [7, 11) is 1.29. The van der Waals surface area contributed by atoms with E-state index in [0.29, 0.717) is 22.2 Å². The van der Waals surface area contributed by atoms with Gasteiger partial charge in [0.05, 0.1) is 18.4 Å². The molecular weight excluding hydrogens is 378 g/mol. The zero-order valence-corrected chi connectivity index (χ0v) is 16.1. The second-order valence-corrected chi connectivity index (χ2v) is 6.43. The molecule has 0 saturated heterocycles. The number of furan rings is 1. The first-order chi connectivity index (χ1) is 13.5. The molecule has 0 atom stereocenters. The molecule has 0 bridgehead atoms. The van der Waals surface area contributed by atoms with Gasteiger partial charge in [-0.05, 0) is 48.9 Å². The van der Waals surface area contributed by atoms with Crippen LogP contribution in [0.1, 0.15) is 21.7 Å². The lowest BCUT2D eigenvalue weighted by Crippen LogP contribution is -2.12. The molecule has 3 rings (SSSR count). The fourth-order valence-corrected chi connectivity index (χ4v) is 2.74. The number of nitrogens with one attached hydrogen (secondary N) is 1. The van der Waals surface area contributed by atoms with E-state index in [1.165, 1.54) is 13.2 Å². The average Bonchev–Trinajstić information content (AvgIpc) is 3.17. The number of anilines is 1. The van der Waals surface area contributed by atoms with Crippen molar-refractivity contribution in [2.75, 3.05) is 12.4 Å². The molecular formula is C22H18ClNO4. The predicted octanol–water partition coefficient (Wildman–Crippen LogP) is 5.35. The second kappa shape index (κ2) is 8.59. The SMILES string of the molecule is COC(=O)c1ccccc1NC(=O)/C=C/c1ccc(-c2ccc(C)c(Cl)c2)o1. The molecule has 0 radical (unpaired) electrons. The number of amides is 1. The van der Waals surface area contributed by atoms with Gasteiger partial charge in [-0.3, -0.25) is 4.79 Å². The summed E-state index contributed by atoms with van der Waals surface area (Å²) in [6, 6.07) is 15.9. The minimum Gasteiger partial charge on any atom is -0.465 e. The van der Waals surface area contributed by atoms with Gasteiger partial charge in [-0.25, -0.2) is 4.79 Å². The lowest BCUT2D eigenvalue weighted by molar-refractivity contribution is -0.111. The van der Waals surface area contributed by atoms with Gasteiger partial charge in [0.15, 0.2) is 0 Å². The fourth-order valence-electron chi connectivity index (χ4n) is 2.56. The lowest BCUT2D eigenvalue weighted by Gasteiger charge is -2.07. The maximum Gasteiger partial charge on any atom is 0.339 e. The Morgan fingerprint density at radius 1 is 1.11 bits per heavy atom. The van der Waals surface area contributed by atoms with Crippen LogP contribution >= 0.6 is 11.6 Å². The topological polar surface area (TPSA) is 68.5 Å². The average molecular weight is 396 g/mol. The largest absolute Gasteiger partial charge is 0.465 e. The number of hydrogen-bond donors (Lipinski definition) is 1. The van der Waals surface area contributed by atoms with E-state index in [1.54, 1.807) is 36.4 Å². The molecule has 6 heteroatoms. The molecule has 1 amide bonds. The Bertz CT molecular complexity index is 1050. The van der Waals surface area contributed by atoms with E-state index >= 15 is 0 Å². The Morgan fingerprint density at radius 3 is 2.64 bits per heavy atom. The van der Waals surface area contributed by atoms with Gasteiger partial charge in [0, 0.05) is 16.7 Å². The van der Waals surface area contributed by atoms with Crippen LogP contribution in [0.2, 0.25) is 5.02 Å². The highest BCUT2D eigenvalue weighted by atomic mass is 35.5. The van der Waals surface area contributed by atoms with Crippen LogP contribution in [0, 0.1) is 6.92 Å². The number of benzene rings is 2. The van der Waals surface area contributed by atoms with Crippen LogP contribution in [0.15, 0.2) is 65.1 Å². The maximum atomic E-state index is 12.2. The van der Waals surface area contributed by atoms with E-state index in [4.69, 9.17) is 20.8 Å². The summed E-state index contributed by atoms with van der Waals surface area (Å²) in [4.78, 5) is 24.0. The summed E-state index contributed by atoms with van der Waals surface area (Å²) in [6.07, 6.45) is 2.88. The van der Waals surface area contributed by atoms with Crippen LogP contribution in [0.5, 0.6) is 0 Å². The number of carbonyl (C=O) groups is 2. The van der Waals surface area contributed by atoms with Crippen molar-refractivity contribution in [2.45, 2.75) is 6.92 Å². The van der Waals surface area contributed by atoms with Crippen molar-refractivity contribution in [3.63, 3.8) is 0 Å². The summed E-state index contributed by atoms with van der Waals surface area (Å²) in [5, 5.41) is 3.32. The zero-order valence-electron chi connectivity index (χ0n) is 15.4. The Labute approximate surface area is 167 Å². The molecule has 1 heterocycles. The lowest BCUT2D eigenvalue weighted by atomic mass is 10.1. The van der Waals surface area contributed by atoms with Gasteiger partial charge < -0.3 is 14.5 Å². The van der Waals surface area contributed by atoms with E-state index in [2.05, 4.69) is 5.32 Å². The van der Waals surface area contributed by atoms with E-state index in [0.717, 1.165) is 11.1 Å².